The number of carbonyl (C=O) groups excluding carboxylic acids is 2. The van der Waals surface area contributed by atoms with Crippen LogP contribution in [0.15, 0.2) is 79.0 Å². The van der Waals surface area contributed by atoms with Crippen molar-refractivity contribution in [2.75, 3.05) is 36.4 Å². The van der Waals surface area contributed by atoms with Crippen LogP contribution in [0.3, 0.4) is 0 Å². The van der Waals surface area contributed by atoms with Crippen molar-refractivity contribution >= 4 is 23.5 Å². The standard InChI is InChI=1S/C44H51N7O4/c1-43(2,31-4-9-36(10-5-31)54-26-34-15-18-46-42(48-34)51-27-44(28-51)16-19-45-20-17-44)32-6-11-37(12-7-32)55-38-22-35(23-38)47-33-8-3-29-24-50(25-30(29)21-33)39-13-14-40(52)49-41(39)53/h3-12,15,18,21,35,38-39,45,47H,13-14,16-17,19-20,22-28H2,1-2H3,(H,49,52,53). The monoisotopic (exact) mass is 741 g/mol. The van der Waals surface area contributed by atoms with Gasteiger partial charge in [-0.25, -0.2) is 9.97 Å². The SMILES string of the molecule is CC(C)(c1ccc(OCc2ccnc(N3CC4(CCNCC4)C3)n2)cc1)c1ccc(OC2CC(Nc3ccc4c(c3)CN(C3CCC(=O)NC3=O)C4)C2)cc1. The number of carbonyl (C=O) groups is 2. The minimum Gasteiger partial charge on any atom is -0.490 e. The molecule has 1 saturated carbocycles. The summed E-state index contributed by atoms with van der Waals surface area (Å²) in [4.78, 5) is 37.8. The lowest BCUT2D eigenvalue weighted by Crippen LogP contribution is -2.60. The summed E-state index contributed by atoms with van der Waals surface area (Å²) in [5.74, 6) is 2.18. The smallest absolute Gasteiger partial charge is 0.243 e. The Morgan fingerprint density at radius 2 is 1.60 bits per heavy atom. The van der Waals surface area contributed by atoms with Crippen molar-refractivity contribution in [3.8, 4) is 11.5 Å². The summed E-state index contributed by atoms with van der Waals surface area (Å²) < 4.78 is 12.5. The Morgan fingerprint density at radius 3 is 2.33 bits per heavy atom. The summed E-state index contributed by atoms with van der Waals surface area (Å²) in [6.45, 7) is 10.7. The van der Waals surface area contributed by atoms with Crippen molar-refractivity contribution in [1.29, 1.82) is 0 Å². The third-order valence-corrected chi connectivity index (χ3v) is 12.6. The van der Waals surface area contributed by atoms with Crippen LogP contribution in [-0.4, -0.2) is 71.0 Å². The predicted molar refractivity (Wildman–Crippen MR) is 211 cm³/mol. The molecular weight excluding hydrogens is 691 g/mol. The van der Waals surface area contributed by atoms with Gasteiger partial charge in [-0.05, 0) is 97.1 Å². The summed E-state index contributed by atoms with van der Waals surface area (Å²) in [7, 11) is 0. The van der Waals surface area contributed by atoms with Crippen LogP contribution in [0.1, 0.15) is 80.3 Å². The zero-order valence-corrected chi connectivity index (χ0v) is 31.9. The molecule has 55 heavy (non-hydrogen) atoms. The summed E-state index contributed by atoms with van der Waals surface area (Å²) in [6.07, 6.45) is 7.36. The highest BCUT2D eigenvalue weighted by Crippen LogP contribution is 2.40. The van der Waals surface area contributed by atoms with Gasteiger partial charge >= 0.3 is 0 Å². The number of hydrogen-bond acceptors (Lipinski definition) is 10. The molecule has 11 heteroatoms. The van der Waals surface area contributed by atoms with Gasteiger partial charge < -0.3 is 25.0 Å². The number of ether oxygens (including phenoxy) is 2. The normalized spacial score (nSPS) is 23.4. The van der Waals surface area contributed by atoms with E-state index >= 15 is 0 Å². The van der Waals surface area contributed by atoms with Gasteiger partial charge in [-0.3, -0.25) is 19.8 Å². The minimum absolute atomic E-state index is 0.172. The highest BCUT2D eigenvalue weighted by molar-refractivity contribution is 6.00. The van der Waals surface area contributed by atoms with Crippen molar-refractivity contribution in [1.82, 2.24) is 25.5 Å². The molecule has 5 heterocycles. The largest absolute Gasteiger partial charge is 0.490 e. The molecule has 0 bridgehead atoms. The van der Waals surface area contributed by atoms with Gasteiger partial charge in [0.05, 0.1) is 11.7 Å². The maximum atomic E-state index is 12.4. The van der Waals surface area contributed by atoms with Crippen molar-refractivity contribution < 1.29 is 19.1 Å². The molecular formula is C44H51N7O4. The molecule has 4 aliphatic heterocycles. The average Bonchev–Trinajstić information content (AvgIpc) is 3.59. The number of aromatic nitrogens is 2. The van der Waals surface area contributed by atoms with E-state index < -0.39 is 0 Å². The average molecular weight is 742 g/mol. The Kier molecular flexibility index (Phi) is 9.46. The van der Waals surface area contributed by atoms with Gasteiger partial charge in [-0.2, -0.15) is 0 Å². The molecule has 5 aliphatic rings. The second-order valence-electron chi connectivity index (χ2n) is 16.8. The van der Waals surface area contributed by atoms with E-state index in [4.69, 9.17) is 14.5 Å². The lowest BCUT2D eigenvalue weighted by atomic mass is 9.72. The van der Waals surface area contributed by atoms with Crippen LogP contribution >= 0.6 is 0 Å². The van der Waals surface area contributed by atoms with E-state index in [1.807, 2.05) is 24.4 Å². The van der Waals surface area contributed by atoms with E-state index in [1.165, 1.54) is 35.1 Å². The van der Waals surface area contributed by atoms with E-state index in [0.717, 1.165) is 80.9 Å². The molecule has 0 radical (unpaired) electrons. The van der Waals surface area contributed by atoms with Crippen molar-refractivity contribution in [3.05, 3.63) is 107 Å². The lowest BCUT2D eigenvalue weighted by Gasteiger charge is -2.52. The number of anilines is 2. The lowest BCUT2D eigenvalue weighted by molar-refractivity contribution is -0.137. The number of hydrogen-bond donors (Lipinski definition) is 3. The van der Waals surface area contributed by atoms with E-state index in [-0.39, 0.29) is 29.4 Å². The fourth-order valence-corrected chi connectivity index (χ4v) is 9.01. The topological polar surface area (TPSA) is 121 Å². The quantitative estimate of drug-likeness (QED) is 0.165. The molecule has 1 atom stereocenters. The third-order valence-electron chi connectivity index (χ3n) is 12.6. The van der Waals surface area contributed by atoms with Gasteiger partial charge in [0.15, 0.2) is 0 Å². The molecule has 2 amide bonds. The maximum absolute atomic E-state index is 12.4. The Morgan fingerprint density at radius 1 is 0.891 bits per heavy atom. The Labute approximate surface area is 323 Å². The summed E-state index contributed by atoms with van der Waals surface area (Å²) >= 11 is 0. The van der Waals surface area contributed by atoms with E-state index in [2.05, 4.69) is 99.2 Å². The second kappa shape index (κ2) is 14.6. The van der Waals surface area contributed by atoms with E-state index in [1.54, 1.807) is 0 Å². The van der Waals surface area contributed by atoms with Gasteiger partial charge in [0.25, 0.3) is 0 Å². The predicted octanol–water partition coefficient (Wildman–Crippen LogP) is 5.71. The molecule has 1 unspecified atom stereocenters. The van der Waals surface area contributed by atoms with Crippen LogP contribution in [0, 0.1) is 5.41 Å². The van der Waals surface area contributed by atoms with Crippen molar-refractivity contribution in [2.45, 2.75) is 95.7 Å². The molecule has 286 valence electrons. The van der Waals surface area contributed by atoms with Crippen LogP contribution in [0.25, 0.3) is 0 Å². The maximum Gasteiger partial charge on any atom is 0.243 e. The first-order valence-corrected chi connectivity index (χ1v) is 19.9. The molecule has 4 fully saturated rings. The number of rotatable bonds is 11. The van der Waals surface area contributed by atoms with E-state index in [9.17, 15) is 9.59 Å². The van der Waals surface area contributed by atoms with Gasteiger partial charge in [0.1, 0.15) is 24.2 Å². The molecule has 1 aliphatic carbocycles. The molecule has 4 aromatic rings. The Bertz CT molecular complexity index is 2030. The molecule has 1 aromatic heterocycles. The van der Waals surface area contributed by atoms with Crippen LogP contribution in [0.5, 0.6) is 11.5 Å². The number of amides is 2. The number of piperidine rings is 2. The van der Waals surface area contributed by atoms with Gasteiger partial charge in [0, 0.05) is 74.2 Å². The first kappa shape index (κ1) is 35.7. The molecule has 3 aromatic carbocycles. The van der Waals surface area contributed by atoms with Crippen molar-refractivity contribution in [2.24, 2.45) is 5.41 Å². The number of fused-ring (bicyclic) bond motifs is 1. The second-order valence-corrected chi connectivity index (χ2v) is 16.8. The van der Waals surface area contributed by atoms with E-state index in [0.29, 0.717) is 30.9 Å². The number of nitrogens with zero attached hydrogens (tertiary/aromatic N) is 4. The summed E-state index contributed by atoms with van der Waals surface area (Å²) in [6, 6.07) is 25.5. The molecule has 1 spiro atoms. The fourth-order valence-electron chi connectivity index (χ4n) is 9.01. The number of benzene rings is 3. The minimum atomic E-state index is -0.239. The fraction of sp³-hybridized carbons (Fsp3) is 0.455. The Hall–Kier alpha value is -5.00. The molecule has 9 rings (SSSR count). The van der Waals surface area contributed by atoms with Crippen LogP contribution in [0.4, 0.5) is 11.6 Å². The van der Waals surface area contributed by atoms with Gasteiger partial charge in [-0.15, -0.1) is 0 Å². The highest BCUT2D eigenvalue weighted by atomic mass is 16.5. The molecule has 11 nitrogen and oxygen atoms in total. The van der Waals surface area contributed by atoms with Crippen LogP contribution in [-0.2, 0) is 34.7 Å². The number of nitrogens with one attached hydrogen (secondary N) is 3. The number of imide groups is 1. The van der Waals surface area contributed by atoms with Crippen LogP contribution in [0.2, 0.25) is 0 Å². The third kappa shape index (κ3) is 7.52. The molecule has 3 saturated heterocycles. The summed E-state index contributed by atoms with van der Waals surface area (Å²) in [5.41, 5.74) is 7.16. The highest BCUT2D eigenvalue weighted by Gasteiger charge is 2.44. The zero-order chi connectivity index (χ0) is 37.6. The van der Waals surface area contributed by atoms with Gasteiger partial charge in [0.2, 0.25) is 17.8 Å². The van der Waals surface area contributed by atoms with Crippen molar-refractivity contribution in [3.63, 3.8) is 0 Å². The molecule has 3 N–H and O–H groups in total. The zero-order valence-electron chi connectivity index (χ0n) is 31.9. The summed E-state index contributed by atoms with van der Waals surface area (Å²) in [5, 5.41) is 9.64. The first-order valence-electron chi connectivity index (χ1n) is 19.9. The van der Waals surface area contributed by atoms with Gasteiger partial charge in [-0.1, -0.05) is 44.2 Å². The first-order chi connectivity index (χ1) is 26.7. The Balaban J connectivity index is 0.729. The van der Waals surface area contributed by atoms with Crippen LogP contribution < -0.4 is 30.3 Å².